The fourth-order valence-corrected chi connectivity index (χ4v) is 1.77. The fraction of sp³-hybridized carbons (Fsp3) is 1.00. The highest BCUT2D eigenvalue weighted by atomic mass is 14.3. The Balaban J connectivity index is 0.000000120. The third-order valence-corrected chi connectivity index (χ3v) is 3.41. The smallest absolute Gasteiger partial charge is 0.0354 e. The van der Waals surface area contributed by atoms with Crippen LogP contribution in [0.3, 0.4) is 0 Å². The minimum atomic E-state index is 0.722. The van der Waals surface area contributed by atoms with E-state index in [0.717, 1.165) is 10.8 Å². The van der Waals surface area contributed by atoms with Gasteiger partial charge in [-0.15, -0.1) is 0 Å². The van der Waals surface area contributed by atoms with E-state index in [1.165, 1.54) is 38.5 Å². The second kappa shape index (κ2) is 3.40. The van der Waals surface area contributed by atoms with Crippen LogP contribution in [0, 0.1) is 10.8 Å². The Hall–Kier alpha value is 0. The van der Waals surface area contributed by atoms with Crippen LogP contribution in [-0.2, 0) is 0 Å². The molecule has 0 aliphatic heterocycles. The van der Waals surface area contributed by atoms with Gasteiger partial charge in [0.05, 0.1) is 0 Å². The van der Waals surface area contributed by atoms with Crippen molar-refractivity contribution in [1.82, 2.24) is 0 Å². The maximum absolute atomic E-state index is 2.33. The van der Waals surface area contributed by atoms with E-state index in [-0.39, 0.29) is 0 Å². The lowest BCUT2D eigenvalue weighted by Gasteiger charge is -2.33. The molecule has 2 rings (SSSR count). The van der Waals surface area contributed by atoms with Crippen LogP contribution >= 0.6 is 0 Å². The normalized spacial score (nSPS) is 29.0. The largest absolute Gasteiger partial charge is 0.0599 e. The lowest BCUT2D eigenvalue weighted by Crippen LogP contribution is -2.20. The first-order chi connectivity index (χ1) is 5.41. The zero-order valence-electron chi connectivity index (χ0n) is 9.24. The number of hydrogen-bond donors (Lipinski definition) is 0. The summed E-state index contributed by atoms with van der Waals surface area (Å²) in [7, 11) is 0. The summed E-state index contributed by atoms with van der Waals surface area (Å²) in [6.45, 7) is 9.32. The molecule has 0 amide bonds. The van der Waals surface area contributed by atoms with Gasteiger partial charge in [0.25, 0.3) is 0 Å². The molecule has 0 nitrogen and oxygen atoms in total. The van der Waals surface area contributed by atoms with Gasteiger partial charge in [0, 0.05) is 0 Å². The maximum Gasteiger partial charge on any atom is -0.0354 e. The highest BCUT2D eigenvalue weighted by Gasteiger charge is 2.25. The Morgan fingerprint density at radius 3 is 0.750 bits per heavy atom. The van der Waals surface area contributed by atoms with Crippen LogP contribution in [0.2, 0.25) is 0 Å². The molecule has 0 heteroatoms. The van der Waals surface area contributed by atoms with E-state index in [2.05, 4.69) is 27.7 Å². The first-order valence-corrected chi connectivity index (χ1v) is 5.41. The van der Waals surface area contributed by atoms with Gasteiger partial charge in [-0.3, -0.25) is 0 Å². The molecule has 12 heavy (non-hydrogen) atoms. The summed E-state index contributed by atoms with van der Waals surface area (Å²) in [5, 5.41) is 0. The van der Waals surface area contributed by atoms with Gasteiger partial charge in [-0.2, -0.15) is 0 Å². The van der Waals surface area contributed by atoms with Crippen molar-refractivity contribution in [3.05, 3.63) is 0 Å². The first kappa shape index (κ1) is 10.1. The molecule has 0 spiro atoms. The van der Waals surface area contributed by atoms with Crippen LogP contribution in [-0.4, -0.2) is 0 Å². The molecule has 0 aromatic rings. The molecule has 0 atom stereocenters. The molecule has 72 valence electrons. The lowest BCUT2D eigenvalue weighted by atomic mass is 9.72. The van der Waals surface area contributed by atoms with E-state index in [0.29, 0.717) is 0 Å². The molecule has 0 heterocycles. The van der Waals surface area contributed by atoms with Crippen molar-refractivity contribution in [2.45, 2.75) is 66.2 Å². The molecule has 0 aromatic heterocycles. The van der Waals surface area contributed by atoms with E-state index in [4.69, 9.17) is 0 Å². The standard InChI is InChI=1S/2C6H12/c2*1-6(2)4-3-5-6/h2*3-5H2,1-2H3. The number of rotatable bonds is 0. The summed E-state index contributed by atoms with van der Waals surface area (Å²) in [4.78, 5) is 0. The molecule has 2 aliphatic carbocycles. The van der Waals surface area contributed by atoms with Gasteiger partial charge in [-0.25, -0.2) is 0 Å². The van der Waals surface area contributed by atoms with Crippen molar-refractivity contribution in [1.29, 1.82) is 0 Å². The van der Waals surface area contributed by atoms with Gasteiger partial charge < -0.3 is 0 Å². The van der Waals surface area contributed by atoms with Crippen molar-refractivity contribution in [3.8, 4) is 0 Å². The topological polar surface area (TPSA) is 0 Å². The zero-order chi connectivity index (χ0) is 9.24. The molecular weight excluding hydrogens is 144 g/mol. The van der Waals surface area contributed by atoms with E-state index in [1.54, 1.807) is 0 Å². The fourth-order valence-electron chi connectivity index (χ4n) is 1.77. The average molecular weight is 168 g/mol. The minimum Gasteiger partial charge on any atom is -0.0599 e. The summed E-state index contributed by atoms with van der Waals surface area (Å²) in [6.07, 6.45) is 8.74. The molecular formula is C12H24. The minimum absolute atomic E-state index is 0.722. The van der Waals surface area contributed by atoms with Crippen molar-refractivity contribution < 1.29 is 0 Å². The Bertz CT molecular complexity index is 112. The van der Waals surface area contributed by atoms with Gasteiger partial charge in [-0.05, 0) is 36.5 Å². The van der Waals surface area contributed by atoms with E-state index < -0.39 is 0 Å². The van der Waals surface area contributed by atoms with Crippen LogP contribution in [0.1, 0.15) is 66.2 Å². The molecule has 2 aliphatic rings. The van der Waals surface area contributed by atoms with Crippen LogP contribution in [0.15, 0.2) is 0 Å². The molecule has 0 bridgehead atoms. The molecule has 0 radical (unpaired) electrons. The summed E-state index contributed by atoms with van der Waals surface area (Å²) in [5.74, 6) is 0. The predicted octanol–water partition coefficient (Wildman–Crippen LogP) is 4.39. The Kier molecular flexibility index (Phi) is 2.85. The Labute approximate surface area is 77.7 Å². The van der Waals surface area contributed by atoms with Gasteiger partial charge in [0.1, 0.15) is 0 Å². The average Bonchev–Trinajstić information content (AvgIpc) is 1.83. The van der Waals surface area contributed by atoms with Crippen LogP contribution in [0.5, 0.6) is 0 Å². The van der Waals surface area contributed by atoms with Gasteiger partial charge >= 0.3 is 0 Å². The number of hydrogen-bond acceptors (Lipinski definition) is 0. The summed E-state index contributed by atoms with van der Waals surface area (Å²) >= 11 is 0. The van der Waals surface area contributed by atoms with E-state index >= 15 is 0 Å². The van der Waals surface area contributed by atoms with E-state index in [1.807, 2.05) is 0 Å². The molecule has 0 N–H and O–H groups in total. The van der Waals surface area contributed by atoms with Crippen molar-refractivity contribution >= 4 is 0 Å². The van der Waals surface area contributed by atoms with Crippen LogP contribution in [0.4, 0.5) is 0 Å². The third kappa shape index (κ3) is 3.16. The highest BCUT2D eigenvalue weighted by molar-refractivity contribution is 4.77. The Morgan fingerprint density at radius 1 is 0.583 bits per heavy atom. The second-order valence-corrected chi connectivity index (χ2v) is 6.04. The molecule has 0 saturated heterocycles. The third-order valence-electron chi connectivity index (χ3n) is 3.41. The lowest BCUT2D eigenvalue weighted by molar-refractivity contribution is 0.190. The molecule has 0 aromatic carbocycles. The van der Waals surface area contributed by atoms with Crippen molar-refractivity contribution in [2.24, 2.45) is 10.8 Å². The zero-order valence-corrected chi connectivity index (χ0v) is 9.24. The Morgan fingerprint density at radius 2 is 0.750 bits per heavy atom. The quantitative estimate of drug-likeness (QED) is 0.503. The van der Waals surface area contributed by atoms with E-state index in [9.17, 15) is 0 Å². The van der Waals surface area contributed by atoms with Crippen molar-refractivity contribution in [3.63, 3.8) is 0 Å². The summed E-state index contributed by atoms with van der Waals surface area (Å²) in [5.41, 5.74) is 1.44. The second-order valence-electron chi connectivity index (χ2n) is 6.04. The maximum atomic E-state index is 2.33. The SMILES string of the molecule is CC1(C)CCC1.CC1(C)CCC1. The first-order valence-electron chi connectivity index (χ1n) is 5.41. The van der Waals surface area contributed by atoms with Crippen molar-refractivity contribution in [2.75, 3.05) is 0 Å². The summed E-state index contributed by atoms with van der Waals surface area (Å²) in [6, 6.07) is 0. The van der Waals surface area contributed by atoms with Gasteiger partial charge in [0.15, 0.2) is 0 Å². The molecule has 0 unspecified atom stereocenters. The highest BCUT2D eigenvalue weighted by Crippen LogP contribution is 2.39. The summed E-state index contributed by atoms with van der Waals surface area (Å²) < 4.78 is 0. The molecule has 2 fully saturated rings. The van der Waals surface area contributed by atoms with Gasteiger partial charge in [-0.1, -0.05) is 40.5 Å². The van der Waals surface area contributed by atoms with Crippen LogP contribution in [0.25, 0.3) is 0 Å². The van der Waals surface area contributed by atoms with Crippen LogP contribution < -0.4 is 0 Å². The predicted molar refractivity (Wildman–Crippen MR) is 55.3 cm³/mol. The van der Waals surface area contributed by atoms with Gasteiger partial charge in [0.2, 0.25) is 0 Å². The monoisotopic (exact) mass is 168 g/mol. The molecule has 2 saturated carbocycles.